The Balaban J connectivity index is 1.00. The number of oxazole rings is 1. The number of hydrogen-bond acceptors (Lipinski definition) is 9. The molecule has 4 amide bonds. The molecular formula is C53H42N4O7. The number of nitrogens with one attached hydrogen (secondary N) is 1. The van der Waals surface area contributed by atoms with Crippen molar-refractivity contribution in [2.45, 2.75) is 37.7 Å². The molecule has 0 bridgehead atoms. The van der Waals surface area contributed by atoms with Crippen molar-refractivity contribution < 1.29 is 33.4 Å². The molecule has 4 aliphatic rings. The zero-order valence-electron chi connectivity index (χ0n) is 34.8. The first-order valence-electron chi connectivity index (χ1n) is 21.5. The fraction of sp³-hybridized carbons (Fsp3) is 0.189. The number of allylic oxidation sites excluding steroid dienone is 2. The number of aromatic nitrogens is 1. The number of amides is 4. The Labute approximate surface area is 368 Å². The second kappa shape index (κ2) is 15.2. The molecule has 316 valence electrons. The van der Waals surface area contributed by atoms with Gasteiger partial charge in [-0.3, -0.25) is 29.5 Å². The number of carbonyl (C=O) groups is 4. The maximum absolute atomic E-state index is 15.6. The second-order valence-corrected chi connectivity index (χ2v) is 17.1. The van der Waals surface area contributed by atoms with Gasteiger partial charge in [0.05, 0.1) is 34.5 Å². The van der Waals surface area contributed by atoms with Gasteiger partial charge in [-0.1, -0.05) is 108 Å². The van der Waals surface area contributed by atoms with Gasteiger partial charge in [0, 0.05) is 23.1 Å². The number of imide groups is 2. The van der Waals surface area contributed by atoms with Crippen LogP contribution < -0.4 is 15.1 Å². The number of phenolic OH excluding ortho intramolecular Hbond substituents is 1. The van der Waals surface area contributed by atoms with Gasteiger partial charge in [-0.15, -0.1) is 0 Å². The number of aromatic hydroxyl groups is 1. The van der Waals surface area contributed by atoms with Crippen LogP contribution in [0, 0.1) is 30.6 Å². The zero-order valence-corrected chi connectivity index (χ0v) is 34.8. The molecule has 6 atom stereocenters. The average molecular weight is 847 g/mol. The SMILES string of the molecule is Cc1ccc(NN2C(=O)[C@@H]3C[C@@H]4C(=CC[C@@H]5C(=O)N(c6ccc(-c7nc8ccccc8o7)cc6)C(=O)[C@@H]54)[C@H](c4ccc(OCc5ccccc5)cc4O)[C@]3(c3ccccc3)C2=O)cc1. The number of rotatable bonds is 9. The molecule has 1 aromatic heterocycles. The minimum absolute atomic E-state index is 0.118. The van der Waals surface area contributed by atoms with Crippen molar-refractivity contribution in [3.8, 4) is 23.0 Å². The van der Waals surface area contributed by atoms with Gasteiger partial charge in [-0.05, 0) is 91.4 Å². The lowest BCUT2D eigenvalue weighted by Gasteiger charge is -2.50. The van der Waals surface area contributed by atoms with Crippen LogP contribution in [0.25, 0.3) is 22.6 Å². The normalized spacial score (nSPS) is 23.8. The molecule has 1 saturated carbocycles. The van der Waals surface area contributed by atoms with Gasteiger partial charge < -0.3 is 14.3 Å². The Morgan fingerprint density at radius 1 is 0.781 bits per heavy atom. The van der Waals surface area contributed by atoms with Crippen molar-refractivity contribution in [3.05, 3.63) is 186 Å². The largest absolute Gasteiger partial charge is 0.508 e. The van der Waals surface area contributed by atoms with Gasteiger partial charge in [0.15, 0.2) is 5.58 Å². The van der Waals surface area contributed by atoms with Crippen LogP contribution in [0.4, 0.5) is 11.4 Å². The van der Waals surface area contributed by atoms with E-state index in [1.807, 2.05) is 122 Å². The summed E-state index contributed by atoms with van der Waals surface area (Å²) in [6, 6.07) is 45.9. The van der Waals surface area contributed by atoms with Gasteiger partial charge in [0.1, 0.15) is 23.6 Å². The summed E-state index contributed by atoms with van der Waals surface area (Å²) in [5.74, 6) is -4.91. The lowest BCUT2D eigenvalue weighted by molar-refractivity contribution is -0.138. The van der Waals surface area contributed by atoms with E-state index in [1.54, 1.807) is 42.5 Å². The van der Waals surface area contributed by atoms with Crippen molar-refractivity contribution in [1.29, 1.82) is 0 Å². The highest BCUT2D eigenvalue weighted by Crippen LogP contribution is 2.65. The quantitative estimate of drug-likeness (QED) is 0.107. The third-order valence-electron chi connectivity index (χ3n) is 13.6. The van der Waals surface area contributed by atoms with Gasteiger partial charge >= 0.3 is 0 Å². The number of phenols is 1. The molecule has 11 nitrogen and oxygen atoms in total. The summed E-state index contributed by atoms with van der Waals surface area (Å²) in [6.45, 7) is 2.23. The third kappa shape index (κ3) is 6.13. The molecule has 0 radical (unpaired) electrons. The molecular weight excluding hydrogens is 805 g/mol. The van der Waals surface area contributed by atoms with Gasteiger partial charge in [-0.2, -0.15) is 5.01 Å². The summed E-state index contributed by atoms with van der Waals surface area (Å²) < 4.78 is 12.1. The first-order valence-corrected chi connectivity index (χ1v) is 21.5. The van der Waals surface area contributed by atoms with Crippen LogP contribution in [0.15, 0.2) is 168 Å². The highest BCUT2D eigenvalue weighted by Gasteiger charge is 2.70. The van der Waals surface area contributed by atoms with Crippen LogP contribution in [0.3, 0.4) is 0 Å². The Morgan fingerprint density at radius 3 is 2.23 bits per heavy atom. The van der Waals surface area contributed by atoms with Crippen LogP contribution in [-0.4, -0.2) is 38.7 Å². The Morgan fingerprint density at radius 2 is 1.50 bits per heavy atom. The number of hydrazine groups is 1. The molecule has 2 aliphatic heterocycles. The molecule has 64 heavy (non-hydrogen) atoms. The van der Waals surface area contributed by atoms with Crippen LogP contribution in [0.2, 0.25) is 0 Å². The minimum Gasteiger partial charge on any atom is -0.508 e. The fourth-order valence-electron chi connectivity index (χ4n) is 10.7. The molecule has 0 spiro atoms. The predicted octanol–water partition coefficient (Wildman–Crippen LogP) is 9.28. The molecule has 11 rings (SSSR count). The average Bonchev–Trinajstić information content (AvgIpc) is 3.94. The van der Waals surface area contributed by atoms with Crippen molar-refractivity contribution in [2.75, 3.05) is 10.3 Å². The topological polar surface area (TPSA) is 142 Å². The van der Waals surface area contributed by atoms with E-state index in [-0.39, 0.29) is 37.0 Å². The zero-order chi connectivity index (χ0) is 43.7. The smallest absolute Gasteiger partial charge is 0.260 e. The lowest BCUT2D eigenvalue weighted by atomic mass is 9.49. The van der Waals surface area contributed by atoms with Crippen molar-refractivity contribution in [3.63, 3.8) is 0 Å². The number of benzene rings is 6. The molecule has 11 heteroatoms. The van der Waals surface area contributed by atoms with E-state index >= 15 is 9.59 Å². The minimum atomic E-state index is -1.54. The standard InChI is InChI=1S/C53H42N4O7/c1-31-16-20-35(21-17-31)55-57-50(60)42-29-41-38(26-27-40-46(41)51(61)56(49(40)59)36-22-18-33(19-23-36)48-54-43-14-8-9-15-45(43)64-48)47(53(42,52(57)62)34-12-6-3-7-13-34)39-25-24-37(28-44(39)58)63-30-32-10-4-2-5-11-32/h2-26,28,40-42,46-47,55,58H,27,29-30H2,1H3/t40-,41+,42-,46-,47+,53+/m0/s1. The molecule has 2 saturated heterocycles. The van der Waals surface area contributed by atoms with E-state index in [0.717, 1.165) is 27.2 Å². The van der Waals surface area contributed by atoms with Crippen molar-refractivity contribution >= 4 is 46.1 Å². The predicted molar refractivity (Wildman–Crippen MR) is 240 cm³/mol. The summed E-state index contributed by atoms with van der Waals surface area (Å²) in [6.07, 6.45) is 2.34. The van der Waals surface area contributed by atoms with Crippen LogP contribution in [0.1, 0.15) is 41.0 Å². The lowest BCUT2D eigenvalue weighted by Crippen LogP contribution is -2.53. The summed E-state index contributed by atoms with van der Waals surface area (Å²) in [4.78, 5) is 66.0. The number of nitrogens with zero attached hydrogens (tertiary/aromatic N) is 3. The molecule has 6 aromatic carbocycles. The summed E-state index contributed by atoms with van der Waals surface area (Å²) >= 11 is 0. The van der Waals surface area contributed by atoms with Gasteiger partial charge in [0.2, 0.25) is 17.7 Å². The summed E-state index contributed by atoms with van der Waals surface area (Å²) in [5.41, 5.74) is 8.36. The number of aryl methyl sites for hydroxylation is 1. The van der Waals surface area contributed by atoms with E-state index in [2.05, 4.69) is 10.4 Å². The van der Waals surface area contributed by atoms with Crippen LogP contribution >= 0.6 is 0 Å². The van der Waals surface area contributed by atoms with E-state index in [9.17, 15) is 14.7 Å². The second-order valence-electron chi connectivity index (χ2n) is 17.1. The maximum Gasteiger partial charge on any atom is 0.260 e. The van der Waals surface area contributed by atoms with E-state index in [0.29, 0.717) is 45.3 Å². The maximum atomic E-state index is 15.6. The molecule has 3 fully saturated rings. The van der Waals surface area contributed by atoms with E-state index in [4.69, 9.17) is 9.15 Å². The van der Waals surface area contributed by atoms with Crippen molar-refractivity contribution in [2.24, 2.45) is 23.7 Å². The summed E-state index contributed by atoms with van der Waals surface area (Å²) in [5, 5.41) is 13.3. The highest BCUT2D eigenvalue weighted by molar-refractivity contribution is 6.22. The molecule has 7 aromatic rings. The number of fused-ring (bicyclic) bond motifs is 5. The van der Waals surface area contributed by atoms with Crippen LogP contribution in [-0.2, 0) is 31.2 Å². The van der Waals surface area contributed by atoms with E-state index < -0.39 is 46.8 Å². The monoisotopic (exact) mass is 846 g/mol. The Bertz CT molecular complexity index is 2990. The molecule has 3 heterocycles. The van der Waals surface area contributed by atoms with Crippen molar-refractivity contribution in [1.82, 2.24) is 9.99 Å². The molecule has 0 unspecified atom stereocenters. The molecule has 2 N–H and O–H groups in total. The first kappa shape index (κ1) is 39.1. The Kier molecular flexibility index (Phi) is 9.30. The fourth-order valence-corrected chi connectivity index (χ4v) is 10.7. The van der Waals surface area contributed by atoms with Gasteiger partial charge in [0.25, 0.3) is 11.8 Å². The van der Waals surface area contributed by atoms with Gasteiger partial charge in [-0.25, -0.2) is 4.98 Å². The number of hydrogen-bond donors (Lipinski definition) is 2. The number of carbonyl (C=O) groups excluding carboxylic acids is 4. The molecule has 2 aliphatic carbocycles. The highest BCUT2D eigenvalue weighted by atomic mass is 16.5. The first-order chi connectivity index (χ1) is 31.2. The summed E-state index contributed by atoms with van der Waals surface area (Å²) in [7, 11) is 0. The van der Waals surface area contributed by atoms with E-state index in [1.165, 1.54) is 4.90 Å². The van der Waals surface area contributed by atoms with Crippen LogP contribution in [0.5, 0.6) is 11.5 Å². The number of para-hydroxylation sites is 2. The Hall–Kier alpha value is -7.79. The third-order valence-corrected chi connectivity index (χ3v) is 13.6. The number of anilines is 2. The number of ether oxygens (including phenoxy) is 1.